The van der Waals surface area contributed by atoms with E-state index in [1.807, 2.05) is 30.3 Å². The SMILES string of the molecule is N#CC(=Cc1ccc(COc2ccc(Br)cc2)o1)C(=O)Nc1nccs1. The van der Waals surface area contributed by atoms with E-state index in [9.17, 15) is 10.1 Å². The molecule has 0 aliphatic heterocycles. The number of furan rings is 1. The zero-order valence-electron chi connectivity index (χ0n) is 13.3. The molecule has 2 aromatic heterocycles. The summed E-state index contributed by atoms with van der Waals surface area (Å²) in [6.45, 7) is 0.239. The minimum Gasteiger partial charge on any atom is -0.486 e. The van der Waals surface area contributed by atoms with Gasteiger partial charge in [0.25, 0.3) is 5.91 Å². The maximum Gasteiger partial charge on any atom is 0.268 e. The highest BCUT2D eigenvalue weighted by molar-refractivity contribution is 9.10. The van der Waals surface area contributed by atoms with Gasteiger partial charge in [-0.15, -0.1) is 11.3 Å². The number of benzene rings is 1. The Morgan fingerprint density at radius 1 is 1.35 bits per heavy atom. The zero-order valence-corrected chi connectivity index (χ0v) is 15.7. The molecule has 0 fully saturated rings. The van der Waals surface area contributed by atoms with Gasteiger partial charge in [-0.1, -0.05) is 15.9 Å². The van der Waals surface area contributed by atoms with Crippen LogP contribution in [0, 0.1) is 11.3 Å². The highest BCUT2D eigenvalue weighted by Gasteiger charge is 2.12. The molecule has 0 aliphatic rings. The van der Waals surface area contributed by atoms with E-state index in [4.69, 9.17) is 9.15 Å². The highest BCUT2D eigenvalue weighted by Crippen LogP contribution is 2.19. The topological polar surface area (TPSA) is 88.1 Å². The monoisotopic (exact) mass is 429 g/mol. The molecule has 1 amide bonds. The number of nitriles is 1. The van der Waals surface area contributed by atoms with E-state index < -0.39 is 5.91 Å². The van der Waals surface area contributed by atoms with Crippen LogP contribution in [0.25, 0.3) is 6.08 Å². The Kier molecular flexibility index (Phi) is 5.84. The van der Waals surface area contributed by atoms with Crippen molar-refractivity contribution in [3.8, 4) is 11.8 Å². The van der Waals surface area contributed by atoms with Crippen molar-refractivity contribution >= 4 is 44.4 Å². The van der Waals surface area contributed by atoms with Gasteiger partial charge in [0.15, 0.2) is 5.13 Å². The number of nitrogens with zero attached hydrogens (tertiary/aromatic N) is 2. The lowest BCUT2D eigenvalue weighted by molar-refractivity contribution is -0.112. The van der Waals surface area contributed by atoms with E-state index in [-0.39, 0.29) is 12.2 Å². The standard InChI is InChI=1S/C18H12BrN3O3S/c19-13-1-3-14(4-2-13)24-11-16-6-5-15(25-16)9-12(10-20)17(23)22-18-21-7-8-26-18/h1-9H,11H2,(H,21,22,23). The molecule has 0 saturated heterocycles. The van der Waals surface area contributed by atoms with Gasteiger partial charge >= 0.3 is 0 Å². The van der Waals surface area contributed by atoms with Gasteiger partial charge in [-0.3, -0.25) is 10.1 Å². The smallest absolute Gasteiger partial charge is 0.268 e. The molecule has 8 heteroatoms. The van der Waals surface area contributed by atoms with Crippen LogP contribution in [-0.2, 0) is 11.4 Å². The highest BCUT2D eigenvalue weighted by atomic mass is 79.9. The minimum absolute atomic E-state index is 0.0741. The van der Waals surface area contributed by atoms with E-state index in [0.717, 1.165) is 4.47 Å². The number of anilines is 1. The van der Waals surface area contributed by atoms with E-state index in [2.05, 4.69) is 26.2 Å². The predicted molar refractivity (Wildman–Crippen MR) is 102 cm³/mol. The summed E-state index contributed by atoms with van der Waals surface area (Å²) in [7, 11) is 0. The van der Waals surface area contributed by atoms with Crippen molar-refractivity contribution in [2.75, 3.05) is 5.32 Å². The van der Waals surface area contributed by atoms with Crippen molar-refractivity contribution in [2.45, 2.75) is 6.61 Å². The summed E-state index contributed by atoms with van der Waals surface area (Å²) in [5, 5.41) is 13.9. The Morgan fingerprint density at radius 3 is 2.85 bits per heavy atom. The molecule has 0 bridgehead atoms. The average molecular weight is 430 g/mol. The first-order valence-electron chi connectivity index (χ1n) is 7.44. The van der Waals surface area contributed by atoms with Crippen LogP contribution in [-0.4, -0.2) is 10.9 Å². The number of halogens is 1. The van der Waals surface area contributed by atoms with Gasteiger partial charge < -0.3 is 9.15 Å². The molecule has 2 heterocycles. The van der Waals surface area contributed by atoms with Gasteiger partial charge in [0.1, 0.15) is 35.5 Å². The normalized spacial score (nSPS) is 11.0. The lowest BCUT2D eigenvalue weighted by atomic mass is 10.2. The van der Waals surface area contributed by atoms with Crippen molar-refractivity contribution in [3.05, 3.63) is 69.5 Å². The maximum absolute atomic E-state index is 12.1. The molecule has 26 heavy (non-hydrogen) atoms. The molecule has 0 aliphatic carbocycles. The predicted octanol–water partition coefficient (Wildman–Crippen LogP) is 4.62. The Labute approximate surface area is 161 Å². The van der Waals surface area contributed by atoms with Crippen molar-refractivity contribution in [1.82, 2.24) is 4.98 Å². The van der Waals surface area contributed by atoms with Gasteiger partial charge in [-0.05, 0) is 36.4 Å². The summed E-state index contributed by atoms with van der Waals surface area (Å²) >= 11 is 4.63. The van der Waals surface area contributed by atoms with Crippen LogP contribution < -0.4 is 10.1 Å². The maximum atomic E-state index is 12.1. The average Bonchev–Trinajstić information content (AvgIpc) is 3.31. The number of thiazole rings is 1. The van der Waals surface area contributed by atoms with Gasteiger partial charge in [-0.25, -0.2) is 4.98 Å². The molecule has 0 atom stereocenters. The lowest BCUT2D eigenvalue weighted by Gasteiger charge is -2.03. The van der Waals surface area contributed by atoms with Gasteiger partial charge in [0.05, 0.1) is 0 Å². The van der Waals surface area contributed by atoms with Crippen LogP contribution in [0.2, 0.25) is 0 Å². The van der Waals surface area contributed by atoms with Crippen molar-refractivity contribution < 1.29 is 13.9 Å². The van der Waals surface area contributed by atoms with Crippen molar-refractivity contribution in [2.24, 2.45) is 0 Å². The van der Waals surface area contributed by atoms with Crippen molar-refractivity contribution in [1.29, 1.82) is 5.26 Å². The molecule has 130 valence electrons. The summed E-state index contributed by atoms with van der Waals surface area (Å²) in [6.07, 6.45) is 2.95. The van der Waals surface area contributed by atoms with E-state index >= 15 is 0 Å². The molecule has 1 N–H and O–H groups in total. The van der Waals surface area contributed by atoms with Crippen LogP contribution in [0.15, 0.2) is 62.4 Å². The molecule has 3 rings (SSSR count). The number of aromatic nitrogens is 1. The summed E-state index contributed by atoms with van der Waals surface area (Å²) in [5.41, 5.74) is -0.0741. The third-order valence-electron chi connectivity index (χ3n) is 3.18. The van der Waals surface area contributed by atoms with Crippen LogP contribution in [0.1, 0.15) is 11.5 Å². The Morgan fingerprint density at radius 2 is 2.15 bits per heavy atom. The molecule has 0 unspecified atom stereocenters. The Hall–Kier alpha value is -2.89. The van der Waals surface area contributed by atoms with Gasteiger partial charge in [-0.2, -0.15) is 5.26 Å². The van der Waals surface area contributed by atoms with Crippen LogP contribution in [0.4, 0.5) is 5.13 Å². The summed E-state index contributed by atoms with van der Waals surface area (Å²) in [6, 6.07) is 12.7. The Bertz CT molecular complexity index is 956. The summed E-state index contributed by atoms with van der Waals surface area (Å²) < 4.78 is 12.2. The van der Waals surface area contributed by atoms with E-state index in [0.29, 0.717) is 22.4 Å². The zero-order chi connectivity index (χ0) is 18.4. The first kappa shape index (κ1) is 17.9. The van der Waals surface area contributed by atoms with Crippen molar-refractivity contribution in [3.63, 3.8) is 0 Å². The second-order valence-corrected chi connectivity index (χ2v) is 6.82. The van der Waals surface area contributed by atoms with E-state index in [1.54, 1.807) is 23.7 Å². The van der Waals surface area contributed by atoms with Crippen LogP contribution in [0.3, 0.4) is 0 Å². The molecule has 0 saturated carbocycles. The van der Waals surface area contributed by atoms with Crippen LogP contribution in [0.5, 0.6) is 5.75 Å². The number of rotatable bonds is 6. The third kappa shape index (κ3) is 4.81. The fourth-order valence-corrected chi connectivity index (χ4v) is 2.76. The second-order valence-electron chi connectivity index (χ2n) is 5.01. The number of nitrogens with one attached hydrogen (secondary N) is 1. The number of carbonyl (C=O) groups is 1. The largest absolute Gasteiger partial charge is 0.486 e. The van der Waals surface area contributed by atoms with Gasteiger partial charge in [0.2, 0.25) is 0 Å². The number of ether oxygens (including phenoxy) is 1. The number of hydrogen-bond donors (Lipinski definition) is 1. The summed E-state index contributed by atoms with van der Waals surface area (Å²) in [4.78, 5) is 16.0. The molecule has 3 aromatic rings. The lowest BCUT2D eigenvalue weighted by Crippen LogP contribution is -2.13. The molecular formula is C18H12BrN3O3S. The number of carbonyl (C=O) groups excluding carboxylic acids is 1. The fourth-order valence-electron chi connectivity index (χ4n) is 1.98. The molecule has 0 spiro atoms. The molecule has 6 nitrogen and oxygen atoms in total. The first-order chi connectivity index (χ1) is 12.6. The third-order valence-corrected chi connectivity index (χ3v) is 4.40. The minimum atomic E-state index is -0.536. The molecule has 1 aromatic carbocycles. The van der Waals surface area contributed by atoms with Gasteiger partial charge in [0, 0.05) is 22.1 Å². The number of amides is 1. The number of hydrogen-bond acceptors (Lipinski definition) is 6. The second kappa shape index (κ2) is 8.47. The molecular weight excluding hydrogens is 418 g/mol. The van der Waals surface area contributed by atoms with Crippen LogP contribution >= 0.6 is 27.3 Å². The Balaban J connectivity index is 1.63. The fraction of sp³-hybridized carbons (Fsp3) is 0.0556. The van der Waals surface area contributed by atoms with E-state index in [1.165, 1.54) is 17.4 Å². The summed E-state index contributed by atoms with van der Waals surface area (Å²) in [5.74, 6) is 1.15. The molecule has 0 radical (unpaired) electrons. The quantitative estimate of drug-likeness (QED) is 0.455. The first-order valence-corrected chi connectivity index (χ1v) is 9.11.